The van der Waals surface area contributed by atoms with Crippen molar-refractivity contribution in [2.24, 2.45) is 5.92 Å². The second-order valence-corrected chi connectivity index (χ2v) is 5.45. The molecule has 20 heavy (non-hydrogen) atoms. The summed E-state index contributed by atoms with van der Waals surface area (Å²) in [4.78, 5) is 2.56. The standard InChI is InChI=1S/C16H25NO.C2H6/c1-3-12-18-16-6-4-15(5-7-16)13-17-10-8-14(2)9-11-17;1-2/h4-7,14H,3,8-13H2,1-2H3;1-2H3. The van der Waals surface area contributed by atoms with E-state index in [4.69, 9.17) is 4.74 Å². The van der Waals surface area contributed by atoms with E-state index in [0.29, 0.717) is 0 Å². The first kappa shape index (κ1) is 17.0. The molecule has 0 unspecified atom stereocenters. The highest BCUT2D eigenvalue weighted by molar-refractivity contribution is 5.27. The predicted octanol–water partition coefficient (Wildman–Crippen LogP) is 4.73. The third-order valence-corrected chi connectivity index (χ3v) is 3.68. The molecule has 114 valence electrons. The van der Waals surface area contributed by atoms with Gasteiger partial charge in [-0.15, -0.1) is 0 Å². The van der Waals surface area contributed by atoms with Crippen LogP contribution in [0.5, 0.6) is 5.75 Å². The number of rotatable bonds is 5. The van der Waals surface area contributed by atoms with Gasteiger partial charge in [0.25, 0.3) is 0 Å². The summed E-state index contributed by atoms with van der Waals surface area (Å²) in [7, 11) is 0. The van der Waals surface area contributed by atoms with Crippen LogP contribution in [0.2, 0.25) is 0 Å². The van der Waals surface area contributed by atoms with Crippen molar-refractivity contribution >= 4 is 0 Å². The minimum atomic E-state index is 0.809. The van der Waals surface area contributed by atoms with Crippen LogP contribution in [0.25, 0.3) is 0 Å². The Balaban J connectivity index is 0.000000956. The second kappa shape index (κ2) is 9.82. The molecule has 2 heteroatoms. The minimum absolute atomic E-state index is 0.809. The third-order valence-electron chi connectivity index (χ3n) is 3.68. The number of ether oxygens (including phenoxy) is 1. The Hall–Kier alpha value is -1.02. The molecule has 1 aromatic rings. The van der Waals surface area contributed by atoms with Crippen LogP contribution in [-0.4, -0.2) is 24.6 Å². The molecule has 0 aliphatic carbocycles. The fourth-order valence-electron chi connectivity index (χ4n) is 2.39. The average molecular weight is 277 g/mol. The maximum absolute atomic E-state index is 5.60. The van der Waals surface area contributed by atoms with Gasteiger partial charge in [-0.25, -0.2) is 0 Å². The van der Waals surface area contributed by atoms with Gasteiger partial charge in [-0.3, -0.25) is 4.90 Å². The highest BCUT2D eigenvalue weighted by Gasteiger charge is 2.15. The molecule has 0 radical (unpaired) electrons. The smallest absolute Gasteiger partial charge is 0.119 e. The van der Waals surface area contributed by atoms with E-state index < -0.39 is 0 Å². The minimum Gasteiger partial charge on any atom is -0.494 e. The van der Waals surface area contributed by atoms with Crippen molar-refractivity contribution in [3.63, 3.8) is 0 Å². The van der Waals surface area contributed by atoms with Crippen molar-refractivity contribution in [2.75, 3.05) is 19.7 Å². The van der Waals surface area contributed by atoms with Crippen LogP contribution >= 0.6 is 0 Å². The van der Waals surface area contributed by atoms with Crippen molar-refractivity contribution in [3.05, 3.63) is 29.8 Å². The summed E-state index contributed by atoms with van der Waals surface area (Å²) >= 11 is 0. The van der Waals surface area contributed by atoms with Gasteiger partial charge in [-0.05, 0) is 56.0 Å². The van der Waals surface area contributed by atoms with Crippen LogP contribution in [0.15, 0.2) is 24.3 Å². The van der Waals surface area contributed by atoms with Crippen LogP contribution in [0, 0.1) is 5.92 Å². The van der Waals surface area contributed by atoms with E-state index in [1.165, 1.54) is 31.5 Å². The Morgan fingerprint density at radius 3 is 2.25 bits per heavy atom. The monoisotopic (exact) mass is 277 g/mol. The topological polar surface area (TPSA) is 12.5 Å². The summed E-state index contributed by atoms with van der Waals surface area (Å²) in [5, 5.41) is 0. The molecule has 0 N–H and O–H groups in total. The van der Waals surface area contributed by atoms with Gasteiger partial charge in [0, 0.05) is 6.54 Å². The highest BCUT2D eigenvalue weighted by atomic mass is 16.5. The van der Waals surface area contributed by atoms with Crippen molar-refractivity contribution in [3.8, 4) is 5.75 Å². The van der Waals surface area contributed by atoms with Crippen molar-refractivity contribution < 1.29 is 4.74 Å². The Kier molecular flexibility index (Phi) is 8.36. The number of nitrogens with zero attached hydrogens (tertiary/aromatic N) is 1. The number of hydrogen-bond donors (Lipinski definition) is 0. The van der Waals surface area contributed by atoms with Crippen LogP contribution in [0.3, 0.4) is 0 Å². The first-order chi connectivity index (χ1) is 9.78. The lowest BCUT2D eigenvalue weighted by Gasteiger charge is -2.30. The lowest BCUT2D eigenvalue weighted by atomic mass is 9.99. The van der Waals surface area contributed by atoms with Crippen molar-refractivity contribution in [2.45, 2.75) is 53.5 Å². The average Bonchev–Trinajstić information content (AvgIpc) is 2.51. The Bertz CT molecular complexity index is 339. The molecular weight excluding hydrogens is 246 g/mol. The summed E-state index contributed by atoms with van der Waals surface area (Å²) in [6, 6.07) is 8.58. The summed E-state index contributed by atoms with van der Waals surface area (Å²) in [6.45, 7) is 12.9. The summed E-state index contributed by atoms with van der Waals surface area (Å²) < 4.78 is 5.60. The van der Waals surface area contributed by atoms with Crippen LogP contribution in [0.4, 0.5) is 0 Å². The Labute approximate surface area is 125 Å². The highest BCUT2D eigenvalue weighted by Crippen LogP contribution is 2.19. The molecule has 2 nitrogen and oxygen atoms in total. The molecule has 0 aromatic heterocycles. The van der Waals surface area contributed by atoms with Gasteiger partial charge in [-0.1, -0.05) is 39.8 Å². The van der Waals surface area contributed by atoms with E-state index in [-0.39, 0.29) is 0 Å². The fourth-order valence-corrected chi connectivity index (χ4v) is 2.39. The van der Waals surface area contributed by atoms with Gasteiger partial charge >= 0.3 is 0 Å². The van der Waals surface area contributed by atoms with E-state index >= 15 is 0 Å². The van der Waals surface area contributed by atoms with Gasteiger partial charge in [0.05, 0.1) is 6.61 Å². The molecule has 1 fully saturated rings. The van der Waals surface area contributed by atoms with Crippen LogP contribution < -0.4 is 4.74 Å². The largest absolute Gasteiger partial charge is 0.494 e. The van der Waals surface area contributed by atoms with E-state index in [2.05, 4.69) is 43.0 Å². The molecule has 0 atom stereocenters. The van der Waals surface area contributed by atoms with Gasteiger partial charge in [0.2, 0.25) is 0 Å². The molecule has 1 aliphatic rings. The summed E-state index contributed by atoms with van der Waals surface area (Å²) in [5.41, 5.74) is 1.40. The quantitative estimate of drug-likeness (QED) is 0.771. The van der Waals surface area contributed by atoms with E-state index in [0.717, 1.165) is 31.2 Å². The van der Waals surface area contributed by atoms with Crippen LogP contribution in [-0.2, 0) is 6.54 Å². The normalized spacial score (nSPS) is 16.4. The maximum atomic E-state index is 5.60. The molecule has 1 aromatic carbocycles. The Morgan fingerprint density at radius 2 is 1.70 bits per heavy atom. The molecule has 0 spiro atoms. The molecule has 0 saturated carbocycles. The first-order valence-electron chi connectivity index (χ1n) is 8.22. The number of piperidine rings is 1. The number of hydrogen-bond acceptors (Lipinski definition) is 2. The zero-order chi connectivity index (χ0) is 14.8. The molecule has 1 aliphatic heterocycles. The van der Waals surface area contributed by atoms with Gasteiger partial charge in [-0.2, -0.15) is 0 Å². The van der Waals surface area contributed by atoms with Gasteiger partial charge < -0.3 is 4.74 Å². The summed E-state index contributed by atoms with van der Waals surface area (Å²) in [5.74, 6) is 1.90. The van der Waals surface area contributed by atoms with Gasteiger partial charge in [0.1, 0.15) is 5.75 Å². The van der Waals surface area contributed by atoms with E-state index in [9.17, 15) is 0 Å². The zero-order valence-electron chi connectivity index (χ0n) is 13.7. The number of benzene rings is 1. The zero-order valence-corrected chi connectivity index (χ0v) is 13.7. The maximum Gasteiger partial charge on any atom is 0.119 e. The third kappa shape index (κ3) is 5.96. The lowest BCUT2D eigenvalue weighted by Crippen LogP contribution is -2.32. The van der Waals surface area contributed by atoms with Crippen molar-refractivity contribution in [1.29, 1.82) is 0 Å². The molecule has 2 rings (SSSR count). The van der Waals surface area contributed by atoms with E-state index in [1.807, 2.05) is 13.8 Å². The second-order valence-electron chi connectivity index (χ2n) is 5.45. The molecule has 0 amide bonds. The Morgan fingerprint density at radius 1 is 1.10 bits per heavy atom. The predicted molar refractivity (Wildman–Crippen MR) is 87.3 cm³/mol. The number of likely N-dealkylation sites (tertiary alicyclic amines) is 1. The SMILES string of the molecule is CC.CCCOc1ccc(CN2CCC(C)CC2)cc1. The van der Waals surface area contributed by atoms with Gasteiger partial charge in [0.15, 0.2) is 0 Å². The fraction of sp³-hybridized carbons (Fsp3) is 0.667. The van der Waals surface area contributed by atoms with Crippen LogP contribution in [0.1, 0.15) is 52.5 Å². The van der Waals surface area contributed by atoms with E-state index in [1.54, 1.807) is 0 Å². The summed E-state index contributed by atoms with van der Waals surface area (Å²) in [6.07, 6.45) is 3.75. The molecule has 1 heterocycles. The molecule has 0 bridgehead atoms. The van der Waals surface area contributed by atoms with Crippen molar-refractivity contribution in [1.82, 2.24) is 4.90 Å². The molecular formula is C18H31NO. The first-order valence-corrected chi connectivity index (χ1v) is 8.22. The lowest BCUT2D eigenvalue weighted by molar-refractivity contribution is 0.185. The molecule has 1 saturated heterocycles.